The average Bonchev–Trinajstić information content (AvgIpc) is 2.19. The predicted molar refractivity (Wildman–Crippen MR) is 56.6 cm³/mol. The number of benzene rings is 1. The van der Waals surface area contributed by atoms with E-state index in [1.165, 1.54) is 0 Å². The van der Waals surface area contributed by atoms with Crippen molar-refractivity contribution in [3.8, 4) is 17.6 Å². The van der Waals surface area contributed by atoms with Gasteiger partial charge in [-0.1, -0.05) is 0 Å². The zero-order valence-electron chi connectivity index (χ0n) is 8.00. The highest BCUT2D eigenvalue weighted by Gasteiger charge is 2.09. The third-order valence-corrected chi connectivity index (χ3v) is 2.33. The van der Waals surface area contributed by atoms with Crippen molar-refractivity contribution >= 4 is 15.9 Å². The average molecular weight is 256 g/mol. The lowest BCUT2D eigenvalue weighted by Gasteiger charge is -2.09. The highest BCUT2D eigenvalue weighted by molar-refractivity contribution is 9.10. The molecule has 1 rings (SSSR count). The molecule has 0 radical (unpaired) electrons. The first-order valence-electron chi connectivity index (χ1n) is 4.13. The zero-order valence-corrected chi connectivity index (χ0v) is 9.59. The molecule has 1 aromatic rings. The summed E-state index contributed by atoms with van der Waals surface area (Å²) in [4.78, 5) is 0. The Morgan fingerprint density at radius 2 is 2.14 bits per heavy atom. The van der Waals surface area contributed by atoms with Gasteiger partial charge in [-0.05, 0) is 28.9 Å². The number of rotatable bonds is 3. The first kappa shape index (κ1) is 10.9. The smallest absolute Gasteiger partial charge is 0.162 e. The van der Waals surface area contributed by atoms with Gasteiger partial charge in [-0.25, -0.2) is 0 Å². The number of nitrogens with zero attached hydrogens (tertiary/aromatic N) is 1. The van der Waals surface area contributed by atoms with Crippen LogP contribution >= 0.6 is 15.9 Å². The lowest BCUT2D eigenvalue weighted by Crippen LogP contribution is -1.96. The Hall–Kier alpha value is -1.21. The van der Waals surface area contributed by atoms with Crippen LogP contribution in [0.4, 0.5) is 0 Å². The van der Waals surface area contributed by atoms with Crippen LogP contribution in [0, 0.1) is 11.3 Å². The summed E-state index contributed by atoms with van der Waals surface area (Å²) < 4.78 is 11.2. The summed E-state index contributed by atoms with van der Waals surface area (Å²) in [5, 5.41) is 8.78. The Kier molecular flexibility index (Phi) is 3.78. The van der Waals surface area contributed by atoms with Gasteiger partial charge in [-0.15, -0.1) is 0 Å². The second-order valence-corrected chi connectivity index (χ2v) is 3.38. The van der Waals surface area contributed by atoms with Gasteiger partial charge in [0.15, 0.2) is 11.5 Å². The Morgan fingerprint density at radius 1 is 1.43 bits per heavy atom. The molecule has 0 unspecified atom stereocenters. The Labute approximate surface area is 91.4 Å². The fourth-order valence-corrected chi connectivity index (χ4v) is 1.46. The molecule has 1 aromatic carbocycles. The van der Waals surface area contributed by atoms with E-state index in [0.29, 0.717) is 28.1 Å². The Balaban J connectivity index is 3.18. The molecule has 0 saturated heterocycles. The van der Waals surface area contributed by atoms with Crippen molar-refractivity contribution in [3.63, 3.8) is 0 Å². The number of methoxy groups -OCH3 is 1. The third-order valence-electron chi connectivity index (χ3n) is 1.67. The molecule has 0 fully saturated rings. The first-order chi connectivity index (χ1) is 6.72. The van der Waals surface area contributed by atoms with Crippen LogP contribution in [0.25, 0.3) is 0 Å². The number of hydrogen-bond acceptors (Lipinski definition) is 3. The van der Waals surface area contributed by atoms with E-state index in [1.54, 1.807) is 19.2 Å². The van der Waals surface area contributed by atoms with Gasteiger partial charge in [0.05, 0.1) is 19.3 Å². The van der Waals surface area contributed by atoms with Gasteiger partial charge in [0.2, 0.25) is 0 Å². The van der Waals surface area contributed by atoms with E-state index >= 15 is 0 Å². The standard InChI is InChI=1S/C10H10BrNO2/c1-3-14-10-5-8(11)7(6-12)4-9(10)13-2/h4-5H,3H2,1-2H3. The molecular weight excluding hydrogens is 246 g/mol. The lowest BCUT2D eigenvalue weighted by molar-refractivity contribution is 0.310. The fraction of sp³-hybridized carbons (Fsp3) is 0.300. The van der Waals surface area contributed by atoms with Crippen molar-refractivity contribution in [2.24, 2.45) is 0 Å². The molecule has 0 aliphatic rings. The second-order valence-electron chi connectivity index (χ2n) is 2.53. The van der Waals surface area contributed by atoms with Crippen LogP contribution in [0.3, 0.4) is 0 Å². The SMILES string of the molecule is CCOc1cc(Br)c(C#N)cc1OC. The summed E-state index contributed by atoms with van der Waals surface area (Å²) in [6.45, 7) is 2.46. The highest BCUT2D eigenvalue weighted by atomic mass is 79.9. The van der Waals surface area contributed by atoms with Crippen LogP contribution in [0.1, 0.15) is 12.5 Å². The first-order valence-corrected chi connectivity index (χ1v) is 4.92. The van der Waals surface area contributed by atoms with Gasteiger partial charge in [0, 0.05) is 10.5 Å². The van der Waals surface area contributed by atoms with E-state index in [9.17, 15) is 0 Å². The maximum absolute atomic E-state index is 8.78. The zero-order chi connectivity index (χ0) is 10.6. The largest absolute Gasteiger partial charge is 0.493 e. The van der Waals surface area contributed by atoms with Crippen molar-refractivity contribution < 1.29 is 9.47 Å². The van der Waals surface area contributed by atoms with Crippen LogP contribution in [0.5, 0.6) is 11.5 Å². The fourth-order valence-electron chi connectivity index (χ4n) is 1.05. The minimum Gasteiger partial charge on any atom is -0.493 e. The molecule has 3 nitrogen and oxygen atoms in total. The van der Waals surface area contributed by atoms with Gasteiger partial charge >= 0.3 is 0 Å². The van der Waals surface area contributed by atoms with Crippen LogP contribution in [0.15, 0.2) is 16.6 Å². The molecule has 0 N–H and O–H groups in total. The molecule has 0 aliphatic heterocycles. The second kappa shape index (κ2) is 4.87. The lowest BCUT2D eigenvalue weighted by atomic mass is 10.2. The molecule has 0 spiro atoms. The molecule has 0 saturated carbocycles. The van der Waals surface area contributed by atoms with Crippen molar-refractivity contribution in [2.75, 3.05) is 13.7 Å². The molecular formula is C10H10BrNO2. The Morgan fingerprint density at radius 3 is 2.64 bits per heavy atom. The van der Waals surface area contributed by atoms with E-state index in [-0.39, 0.29) is 0 Å². The van der Waals surface area contributed by atoms with Crippen molar-refractivity contribution in [1.29, 1.82) is 5.26 Å². The van der Waals surface area contributed by atoms with E-state index in [1.807, 2.05) is 6.92 Å². The third kappa shape index (κ3) is 2.18. The topological polar surface area (TPSA) is 42.2 Å². The quantitative estimate of drug-likeness (QED) is 0.834. The molecule has 0 heterocycles. The predicted octanol–water partition coefficient (Wildman–Crippen LogP) is 2.73. The maximum atomic E-state index is 8.78. The van der Waals surface area contributed by atoms with Gasteiger partial charge in [-0.3, -0.25) is 0 Å². The van der Waals surface area contributed by atoms with E-state index < -0.39 is 0 Å². The molecule has 14 heavy (non-hydrogen) atoms. The normalized spacial score (nSPS) is 9.29. The molecule has 4 heteroatoms. The van der Waals surface area contributed by atoms with Crippen LogP contribution in [0.2, 0.25) is 0 Å². The van der Waals surface area contributed by atoms with Crippen LogP contribution in [-0.2, 0) is 0 Å². The molecule has 0 bridgehead atoms. The van der Waals surface area contributed by atoms with Crippen molar-refractivity contribution in [1.82, 2.24) is 0 Å². The highest BCUT2D eigenvalue weighted by Crippen LogP contribution is 2.33. The summed E-state index contributed by atoms with van der Waals surface area (Å²) >= 11 is 3.28. The van der Waals surface area contributed by atoms with E-state index in [0.717, 1.165) is 0 Å². The van der Waals surface area contributed by atoms with Gasteiger partial charge in [-0.2, -0.15) is 5.26 Å². The summed E-state index contributed by atoms with van der Waals surface area (Å²) in [6, 6.07) is 5.44. The monoisotopic (exact) mass is 255 g/mol. The number of hydrogen-bond donors (Lipinski definition) is 0. The molecule has 74 valence electrons. The van der Waals surface area contributed by atoms with Gasteiger partial charge in [0.1, 0.15) is 6.07 Å². The van der Waals surface area contributed by atoms with Crippen LogP contribution in [-0.4, -0.2) is 13.7 Å². The van der Waals surface area contributed by atoms with Crippen molar-refractivity contribution in [3.05, 3.63) is 22.2 Å². The van der Waals surface area contributed by atoms with Crippen LogP contribution < -0.4 is 9.47 Å². The minimum absolute atomic E-state index is 0.533. The summed E-state index contributed by atoms with van der Waals surface area (Å²) in [6.07, 6.45) is 0. The molecule has 0 atom stereocenters. The molecule has 0 amide bonds. The van der Waals surface area contributed by atoms with E-state index in [4.69, 9.17) is 14.7 Å². The summed E-state index contributed by atoms with van der Waals surface area (Å²) in [7, 11) is 1.55. The minimum atomic E-state index is 0.533. The maximum Gasteiger partial charge on any atom is 0.162 e. The number of ether oxygens (including phenoxy) is 2. The molecule has 0 aromatic heterocycles. The number of halogens is 1. The van der Waals surface area contributed by atoms with Gasteiger partial charge in [0.25, 0.3) is 0 Å². The van der Waals surface area contributed by atoms with Crippen molar-refractivity contribution in [2.45, 2.75) is 6.92 Å². The molecule has 0 aliphatic carbocycles. The van der Waals surface area contributed by atoms with Gasteiger partial charge < -0.3 is 9.47 Å². The Bertz CT molecular complexity index is 371. The van der Waals surface area contributed by atoms with E-state index in [2.05, 4.69) is 22.0 Å². The number of nitriles is 1. The summed E-state index contributed by atoms with van der Waals surface area (Å²) in [5.74, 6) is 1.22. The summed E-state index contributed by atoms with van der Waals surface area (Å²) in [5.41, 5.74) is 0.533.